The largest absolute Gasteiger partial charge is 0.468 e. The maximum absolute atomic E-state index is 11.9. The molecule has 0 saturated heterocycles. The second kappa shape index (κ2) is 7.85. The summed E-state index contributed by atoms with van der Waals surface area (Å²) in [6, 6.07) is 0.757. The molecule has 1 unspecified atom stereocenters. The quantitative estimate of drug-likeness (QED) is 0.651. The molecule has 0 aromatic rings. The molecule has 1 fully saturated rings. The van der Waals surface area contributed by atoms with Crippen LogP contribution in [-0.2, 0) is 9.53 Å². The minimum absolute atomic E-state index is 0.149. The second-order valence-corrected chi connectivity index (χ2v) is 6.31. The molecule has 0 amide bonds. The van der Waals surface area contributed by atoms with Gasteiger partial charge in [-0.15, -0.1) is 0 Å². The molecule has 1 saturated carbocycles. The fourth-order valence-electron chi connectivity index (χ4n) is 2.26. The summed E-state index contributed by atoms with van der Waals surface area (Å²) in [5, 5.41) is 3.32. The van der Waals surface area contributed by atoms with E-state index >= 15 is 0 Å². The molecule has 0 aliphatic heterocycles. The Balaban J connectivity index is 2.54. The van der Waals surface area contributed by atoms with Crippen molar-refractivity contribution in [1.82, 2.24) is 10.2 Å². The van der Waals surface area contributed by atoms with E-state index in [2.05, 4.69) is 37.9 Å². The van der Waals surface area contributed by atoms with E-state index < -0.39 is 0 Å². The average Bonchev–Trinajstić information content (AvgIpc) is 3.15. The van der Waals surface area contributed by atoms with Crippen LogP contribution in [0.5, 0.6) is 0 Å². The fourth-order valence-corrected chi connectivity index (χ4v) is 2.26. The molecule has 0 spiro atoms. The highest BCUT2D eigenvalue weighted by Gasteiger charge is 2.32. The van der Waals surface area contributed by atoms with Crippen molar-refractivity contribution in [2.45, 2.75) is 65.1 Å². The first-order valence-electron chi connectivity index (χ1n) is 7.52. The molecule has 19 heavy (non-hydrogen) atoms. The average molecular weight is 270 g/mol. The van der Waals surface area contributed by atoms with Gasteiger partial charge in [0, 0.05) is 18.6 Å². The van der Waals surface area contributed by atoms with Crippen LogP contribution >= 0.6 is 0 Å². The number of carbonyl (C=O) groups is 1. The molecular formula is C15H30N2O2. The number of hydrogen-bond acceptors (Lipinski definition) is 4. The summed E-state index contributed by atoms with van der Waals surface area (Å²) in [4.78, 5) is 14.3. The van der Waals surface area contributed by atoms with E-state index in [4.69, 9.17) is 4.74 Å². The monoisotopic (exact) mass is 270 g/mol. The highest BCUT2D eigenvalue weighted by atomic mass is 16.5. The molecule has 0 aromatic heterocycles. The zero-order valence-corrected chi connectivity index (χ0v) is 13.1. The van der Waals surface area contributed by atoms with Crippen LogP contribution in [0.1, 0.15) is 47.0 Å². The highest BCUT2D eigenvalue weighted by Crippen LogP contribution is 2.27. The molecule has 1 rings (SSSR count). The molecule has 4 heteroatoms. The van der Waals surface area contributed by atoms with Gasteiger partial charge in [0.15, 0.2) is 0 Å². The fraction of sp³-hybridized carbons (Fsp3) is 0.933. The summed E-state index contributed by atoms with van der Waals surface area (Å²) in [5.41, 5.74) is 0. The first-order chi connectivity index (χ1) is 8.93. The zero-order valence-electron chi connectivity index (χ0n) is 13.1. The third-order valence-corrected chi connectivity index (χ3v) is 3.49. The molecule has 1 aliphatic carbocycles. The SMILES string of the molecule is COC(=O)C(CN(CCC(C)C)C1CC1)NC(C)C. The van der Waals surface area contributed by atoms with Crippen LogP contribution in [0.25, 0.3) is 0 Å². The predicted molar refractivity (Wildman–Crippen MR) is 78.1 cm³/mol. The molecule has 0 aromatic carbocycles. The zero-order chi connectivity index (χ0) is 14.4. The standard InChI is InChI=1S/C15H30N2O2/c1-11(2)8-9-17(13-6-7-13)10-14(15(18)19-5)16-12(3)4/h11-14,16H,6-10H2,1-5H3. The maximum Gasteiger partial charge on any atom is 0.324 e. The van der Waals surface area contributed by atoms with Crippen molar-refractivity contribution in [1.29, 1.82) is 0 Å². The molecule has 0 heterocycles. The topological polar surface area (TPSA) is 41.6 Å². The van der Waals surface area contributed by atoms with Gasteiger partial charge in [-0.3, -0.25) is 9.69 Å². The van der Waals surface area contributed by atoms with Crippen LogP contribution in [0, 0.1) is 5.92 Å². The Labute approximate surface area is 117 Å². The van der Waals surface area contributed by atoms with E-state index in [-0.39, 0.29) is 18.1 Å². The lowest BCUT2D eigenvalue weighted by atomic mass is 10.1. The first kappa shape index (κ1) is 16.4. The van der Waals surface area contributed by atoms with Crippen LogP contribution < -0.4 is 5.32 Å². The number of esters is 1. The first-order valence-corrected chi connectivity index (χ1v) is 7.52. The van der Waals surface area contributed by atoms with Crippen molar-refractivity contribution < 1.29 is 9.53 Å². The van der Waals surface area contributed by atoms with Gasteiger partial charge in [-0.05, 0) is 31.7 Å². The molecule has 1 N–H and O–H groups in total. The van der Waals surface area contributed by atoms with Gasteiger partial charge in [0.25, 0.3) is 0 Å². The number of nitrogens with one attached hydrogen (secondary N) is 1. The predicted octanol–water partition coefficient (Wildman–Crippen LogP) is 2.04. The summed E-state index contributed by atoms with van der Waals surface area (Å²) < 4.78 is 4.91. The van der Waals surface area contributed by atoms with E-state index in [1.807, 2.05) is 0 Å². The summed E-state index contributed by atoms with van der Waals surface area (Å²) in [6.45, 7) is 10.5. The summed E-state index contributed by atoms with van der Waals surface area (Å²) >= 11 is 0. The molecule has 0 radical (unpaired) electrons. The van der Waals surface area contributed by atoms with E-state index in [1.54, 1.807) is 0 Å². The summed E-state index contributed by atoms with van der Waals surface area (Å²) in [6.07, 6.45) is 3.73. The molecule has 112 valence electrons. The van der Waals surface area contributed by atoms with Crippen LogP contribution in [0.4, 0.5) is 0 Å². The normalized spacial score (nSPS) is 17.3. The highest BCUT2D eigenvalue weighted by molar-refractivity contribution is 5.76. The molecular weight excluding hydrogens is 240 g/mol. The second-order valence-electron chi connectivity index (χ2n) is 6.31. The Morgan fingerprint density at radius 2 is 1.95 bits per heavy atom. The smallest absolute Gasteiger partial charge is 0.324 e. The lowest BCUT2D eigenvalue weighted by molar-refractivity contribution is -0.143. The van der Waals surface area contributed by atoms with Gasteiger partial charge in [0.05, 0.1) is 7.11 Å². The molecule has 1 aliphatic rings. The number of hydrogen-bond donors (Lipinski definition) is 1. The van der Waals surface area contributed by atoms with Crippen molar-refractivity contribution >= 4 is 5.97 Å². The number of nitrogens with zero attached hydrogens (tertiary/aromatic N) is 1. The van der Waals surface area contributed by atoms with E-state index in [0.717, 1.165) is 13.1 Å². The summed E-state index contributed by atoms with van der Waals surface area (Å²) in [7, 11) is 1.47. The molecule has 0 bridgehead atoms. The van der Waals surface area contributed by atoms with Crippen molar-refractivity contribution in [3.05, 3.63) is 0 Å². The van der Waals surface area contributed by atoms with E-state index in [9.17, 15) is 4.79 Å². The van der Waals surface area contributed by atoms with Crippen LogP contribution in [-0.4, -0.2) is 49.2 Å². The third kappa shape index (κ3) is 6.39. The van der Waals surface area contributed by atoms with Crippen molar-refractivity contribution in [2.24, 2.45) is 5.92 Å². The Morgan fingerprint density at radius 3 is 2.37 bits per heavy atom. The minimum atomic E-state index is -0.210. The van der Waals surface area contributed by atoms with Gasteiger partial charge < -0.3 is 10.1 Å². The number of rotatable bonds is 9. The molecule has 4 nitrogen and oxygen atoms in total. The van der Waals surface area contributed by atoms with Gasteiger partial charge >= 0.3 is 5.97 Å². The van der Waals surface area contributed by atoms with Crippen molar-refractivity contribution in [3.63, 3.8) is 0 Å². The van der Waals surface area contributed by atoms with Gasteiger partial charge in [-0.1, -0.05) is 27.7 Å². The van der Waals surface area contributed by atoms with Crippen LogP contribution in [0.3, 0.4) is 0 Å². The number of methoxy groups -OCH3 is 1. The Hall–Kier alpha value is -0.610. The van der Waals surface area contributed by atoms with Crippen LogP contribution in [0.15, 0.2) is 0 Å². The minimum Gasteiger partial charge on any atom is -0.468 e. The van der Waals surface area contributed by atoms with Gasteiger partial charge in [0.1, 0.15) is 6.04 Å². The van der Waals surface area contributed by atoms with E-state index in [1.165, 1.54) is 26.4 Å². The molecule has 1 atom stereocenters. The lowest BCUT2D eigenvalue weighted by Crippen LogP contribution is -2.50. The van der Waals surface area contributed by atoms with E-state index in [0.29, 0.717) is 12.0 Å². The van der Waals surface area contributed by atoms with Gasteiger partial charge in [0.2, 0.25) is 0 Å². The van der Waals surface area contributed by atoms with Gasteiger partial charge in [-0.25, -0.2) is 0 Å². The van der Waals surface area contributed by atoms with Gasteiger partial charge in [-0.2, -0.15) is 0 Å². The number of ether oxygens (including phenoxy) is 1. The van der Waals surface area contributed by atoms with Crippen molar-refractivity contribution in [3.8, 4) is 0 Å². The van der Waals surface area contributed by atoms with Crippen molar-refractivity contribution in [2.75, 3.05) is 20.2 Å². The maximum atomic E-state index is 11.9. The number of carbonyl (C=O) groups excluding carboxylic acids is 1. The Morgan fingerprint density at radius 1 is 1.32 bits per heavy atom. The van der Waals surface area contributed by atoms with Crippen LogP contribution in [0.2, 0.25) is 0 Å². The Kier molecular flexibility index (Phi) is 6.80. The summed E-state index contributed by atoms with van der Waals surface area (Å²) in [5.74, 6) is 0.555. The lowest BCUT2D eigenvalue weighted by Gasteiger charge is -2.28. The third-order valence-electron chi connectivity index (χ3n) is 3.49. The Bertz CT molecular complexity index is 275.